The molecule has 0 aliphatic heterocycles. The van der Waals surface area contributed by atoms with Crippen LogP contribution in [0.25, 0.3) is 0 Å². The lowest BCUT2D eigenvalue weighted by atomic mass is 9.97. The van der Waals surface area contributed by atoms with Gasteiger partial charge < -0.3 is 0 Å². The van der Waals surface area contributed by atoms with E-state index in [-0.39, 0.29) is 0 Å². The molecule has 1 aliphatic carbocycles. The summed E-state index contributed by atoms with van der Waals surface area (Å²) in [5.41, 5.74) is 1.95. The van der Waals surface area contributed by atoms with Gasteiger partial charge in [-0.25, -0.2) is 0 Å². The second-order valence-electron chi connectivity index (χ2n) is 3.08. The van der Waals surface area contributed by atoms with Crippen molar-refractivity contribution in [3.63, 3.8) is 0 Å². The van der Waals surface area contributed by atoms with Crippen molar-refractivity contribution in [2.75, 3.05) is 0 Å². The summed E-state index contributed by atoms with van der Waals surface area (Å²) >= 11 is 5.71. The van der Waals surface area contributed by atoms with Crippen LogP contribution in [0, 0.1) is 4.91 Å². The number of rotatable bonds is 0. The average molecular weight is 186 g/mol. The first-order valence-corrected chi connectivity index (χ1v) is 4.48. The Morgan fingerprint density at radius 3 is 3.00 bits per heavy atom. The predicted octanol–water partition coefficient (Wildman–Crippen LogP) is 1.46. The number of nitrogens with one attached hydrogen (secondary N) is 1. The number of nitrogens with zero attached hydrogens (tertiary/aromatic N) is 1. The second-order valence-corrected chi connectivity index (χ2v) is 3.48. The maximum absolute atomic E-state index is 11.3. The molecular formula is C8H10ClN2O+. The van der Waals surface area contributed by atoms with E-state index in [0.29, 0.717) is 5.15 Å². The maximum Gasteiger partial charge on any atom is 0.272 e. The normalized spacial score (nSPS) is 15.8. The monoisotopic (exact) mass is 185 g/mol. The van der Waals surface area contributed by atoms with Crippen LogP contribution in [0.3, 0.4) is 0 Å². The zero-order valence-corrected chi connectivity index (χ0v) is 7.40. The molecule has 0 unspecified atom stereocenters. The molecule has 0 radical (unpaired) electrons. The van der Waals surface area contributed by atoms with Gasteiger partial charge in [0.25, 0.3) is 5.69 Å². The van der Waals surface area contributed by atoms with Crippen LogP contribution in [0.15, 0.2) is 6.07 Å². The Bertz CT molecular complexity index is 359. The van der Waals surface area contributed by atoms with Crippen LogP contribution in [-0.4, -0.2) is 5.10 Å². The Labute approximate surface area is 75.0 Å². The van der Waals surface area contributed by atoms with Gasteiger partial charge in [0.15, 0.2) is 9.70 Å². The van der Waals surface area contributed by atoms with Crippen LogP contribution >= 0.6 is 11.6 Å². The van der Waals surface area contributed by atoms with Gasteiger partial charge in [0.05, 0.1) is 4.91 Å². The fourth-order valence-corrected chi connectivity index (χ4v) is 1.86. The Hall–Kier alpha value is -0.830. The summed E-state index contributed by atoms with van der Waals surface area (Å²) in [4.78, 5) is 11.3. The molecule has 2 rings (SSSR count). The SMILES string of the molecule is O=[n+]1[nH]c(Cl)cc2c1CCCC2. The molecule has 4 heteroatoms. The van der Waals surface area contributed by atoms with Crippen molar-refractivity contribution < 1.29 is 4.54 Å². The number of fused-ring (bicyclic) bond motifs is 1. The number of halogens is 1. The Morgan fingerprint density at radius 1 is 1.42 bits per heavy atom. The predicted molar refractivity (Wildman–Crippen MR) is 45.8 cm³/mol. The van der Waals surface area contributed by atoms with Gasteiger partial charge in [0, 0.05) is 12.0 Å². The zero-order valence-electron chi connectivity index (χ0n) is 6.64. The van der Waals surface area contributed by atoms with Crippen LogP contribution in [0.5, 0.6) is 0 Å². The molecule has 0 aromatic carbocycles. The molecule has 0 fully saturated rings. The highest BCUT2D eigenvalue weighted by Crippen LogP contribution is 2.18. The van der Waals surface area contributed by atoms with E-state index >= 15 is 0 Å². The van der Waals surface area contributed by atoms with Gasteiger partial charge in [-0.05, 0) is 25.3 Å². The van der Waals surface area contributed by atoms with Crippen molar-refractivity contribution >= 4 is 11.6 Å². The number of H-pyrrole nitrogens is 1. The van der Waals surface area contributed by atoms with E-state index in [2.05, 4.69) is 5.10 Å². The lowest BCUT2D eigenvalue weighted by Gasteiger charge is -2.07. The lowest BCUT2D eigenvalue weighted by Crippen LogP contribution is -2.29. The number of aryl methyl sites for hydroxylation is 1. The molecular weight excluding hydrogens is 176 g/mol. The van der Waals surface area contributed by atoms with Crippen LogP contribution < -0.4 is 4.54 Å². The number of aromatic amines is 1. The quantitative estimate of drug-likeness (QED) is 0.611. The van der Waals surface area contributed by atoms with E-state index in [9.17, 15) is 4.91 Å². The van der Waals surface area contributed by atoms with Crippen LogP contribution in [0.4, 0.5) is 0 Å². The molecule has 0 saturated heterocycles. The summed E-state index contributed by atoms with van der Waals surface area (Å²) in [7, 11) is 0. The molecule has 64 valence electrons. The van der Waals surface area contributed by atoms with Gasteiger partial charge in [0.2, 0.25) is 0 Å². The minimum Gasteiger partial charge on any atom is -0.103 e. The van der Waals surface area contributed by atoms with Crippen molar-refractivity contribution in [2.24, 2.45) is 0 Å². The Kier molecular flexibility index (Phi) is 1.89. The number of hydrogen-bond acceptors (Lipinski definition) is 1. The second kappa shape index (κ2) is 2.90. The van der Waals surface area contributed by atoms with Gasteiger partial charge in [0.1, 0.15) is 0 Å². The third kappa shape index (κ3) is 1.25. The summed E-state index contributed by atoms with van der Waals surface area (Å²) in [5, 5.41) is 2.95. The number of aromatic nitrogens is 2. The van der Waals surface area contributed by atoms with Crippen LogP contribution in [0.2, 0.25) is 5.15 Å². The molecule has 12 heavy (non-hydrogen) atoms. The van der Waals surface area contributed by atoms with Crippen molar-refractivity contribution in [3.05, 3.63) is 27.4 Å². The molecule has 1 aromatic rings. The summed E-state index contributed by atoms with van der Waals surface area (Å²) < 4.78 is 0.789. The minimum atomic E-state index is 0.422. The van der Waals surface area contributed by atoms with E-state index in [1.807, 2.05) is 6.07 Å². The first-order chi connectivity index (χ1) is 5.77. The number of hydrogen-bond donors (Lipinski definition) is 1. The van der Waals surface area contributed by atoms with Gasteiger partial charge in [-0.1, -0.05) is 11.6 Å². The molecule has 1 N–H and O–H groups in total. The molecule has 0 spiro atoms. The molecule has 1 aromatic heterocycles. The van der Waals surface area contributed by atoms with E-state index < -0.39 is 0 Å². The molecule has 3 nitrogen and oxygen atoms in total. The van der Waals surface area contributed by atoms with Gasteiger partial charge in [-0.15, -0.1) is 5.10 Å². The minimum absolute atomic E-state index is 0.422. The van der Waals surface area contributed by atoms with Crippen molar-refractivity contribution in [3.8, 4) is 0 Å². The smallest absolute Gasteiger partial charge is 0.103 e. The Morgan fingerprint density at radius 2 is 2.17 bits per heavy atom. The summed E-state index contributed by atoms with van der Waals surface area (Å²) in [6.45, 7) is 0. The summed E-state index contributed by atoms with van der Waals surface area (Å²) in [6.07, 6.45) is 4.11. The van der Waals surface area contributed by atoms with E-state index in [1.54, 1.807) is 0 Å². The molecule has 0 bridgehead atoms. The lowest BCUT2D eigenvalue weighted by molar-refractivity contribution is -0.574. The first kappa shape index (κ1) is 7.80. The summed E-state index contributed by atoms with van der Waals surface area (Å²) in [6, 6.07) is 1.85. The average Bonchev–Trinajstić information content (AvgIpc) is 2.04. The van der Waals surface area contributed by atoms with Gasteiger partial charge in [-0.3, -0.25) is 0 Å². The molecule has 0 amide bonds. The highest BCUT2D eigenvalue weighted by atomic mass is 35.5. The highest BCUT2D eigenvalue weighted by molar-refractivity contribution is 6.29. The molecule has 1 aliphatic rings. The fraction of sp³-hybridized carbons (Fsp3) is 0.500. The third-order valence-corrected chi connectivity index (χ3v) is 2.43. The maximum atomic E-state index is 11.3. The van der Waals surface area contributed by atoms with Crippen LogP contribution in [-0.2, 0) is 12.8 Å². The van der Waals surface area contributed by atoms with Gasteiger partial charge in [-0.2, -0.15) is 0 Å². The van der Waals surface area contributed by atoms with Crippen molar-refractivity contribution in [1.29, 1.82) is 0 Å². The molecule has 0 atom stereocenters. The van der Waals surface area contributed by atoms with E-state index in [1.165, 1.54) is 0 Å². The molecule has 0 saturated carbocycles. The molecule has 1 heterocycles. The van der Waals surface area contributed by atoms with Crippen molar-refractivity contribution in [2.45, 2.75) is 25.7 Å². The summed E-state index contributed by atoms with van der Waals surface area (Å²) in [5.74, 6) is 0. The first-order valence-electron chi connectivity index (χ1n) is 4.10. The fourth-order valence-electron chi connectivity index (χ4n) is 1.65. The topological polar surface area (TPSA) is 38.8 Å². The third-order valence-electron chi connectivity index (χ3n) is 2.23. The Balaban J connectivity index is 2.60. The van der Waals surface area contributed by atoms with E-state index in [4.69, 9.17) is 11.6 Å². The largest absolute Gasteiger partial charge is 0.272 e. The van der Waals surface area contributed by atoms with E-state index in [0.717, 1.165) is 41.5 Å². The zero-order chi connectivity index (χ0) is 8.55. The van der Waals surface area contributed by atoms with Gasteiger partial charge >= 0.3 is 0 Å². The van der Waals surface area contributed by atoms with Crippen LogP contribution in [0.1, 0.15) is 24.1 Å². The standard InChI is InChI=1S/C8H10ClN2O/c9-8-5-6-3-1-2-4-7(6)11(12)10-8/h5H,1-4H2,(H,10,12)/q+1. The van der Waals surface area contributed by atoms with Crippen molar-refractivity contribution in [1.82, 2.24) is 5.10 Å². The highest BCUT2D eigenvalue weighted by Gasteiger charge is 2.20.